The van der Waals surface area contributed by atoms with Crippen LogP contribution in [0.3, 0.4) is 0 Å². The van der Waals surface area contributed by atoms with Gasteiger partial charge in [0, 0.05) is 83.0 Å². The molecule has 0 spiro atoms. The molecule has 4 aliphatic heterocycles. The first-order chi connectivity index (χ1) is 56.9. The SMILES string of the molecule is CC(C)(C)c1ccc(Sc2ccc3c4n5c(c3c2)N=C2N=C(N=c3c6cccc(Sc7ccc(C(C)(C)C)cc7)c6c(n3[Si]5(OS(=O)(=O)N(c3ccccc3)c3ccccc3)OS(=O)(=O)N(c3ccccc3)c3ccccc3)=NC3=NC(=N4)c4c(Sc5ccc(C(C)(C)C)cc5)cccc43)c3c(Sc4ccc(C(C)(C)C)cc4)cccc32)cc1. The molecule has 0 aliphatic carbocycles. The second-order valence-electron chi connectivity index (χ2n) is 33.7. The maximum absolute atomic E-state index is 17.9. The summed E-state index contributed by atoms with van der Waals surface area (Å²) < 4.78 is 92.4. The molecule has 0 saturated heterocycles. The Hall–Kier alpha value is -11.0. The quantitative estimate of drug-likeness (QED) is 0.0751. The van der Waals surface area contributed by atoms with Crippen molar-refractivity contribution >= 4 is 156 Å². The molecule has 0 atom stereocenters. The van der Waals surface area contributed by atoms with Crippen LogP contribution >= 0.6 is 47.0 Å². The van der Waals surface area contributed by atoms with Gasteiger partial charge < -0.3 is 0 Å². The first-order valence-electron chi connectivity index (χ1n) is 39.2. The minimum absolute atomic E-state index is 0.0272. The van der Waals surface area contributed by atoms with Gasteiger partial charge in [0.05, 0.1) is 22.7 Å². The van der Waals surface area contributed by atoms with Gasteiger partial charge in [-0.15, -0.1) is 0 Å². The van der Waals surface area contributed by atoms with Crippen LogP contribution in [0, 0.1) is 0 Å². The molecule has 14 aromatic rings. The first-order valence-corrected chi connectivity index (χ1v) is 46.9. The average Bonchev–Trinajstić information content (AvgIpc) is 1.53. The fraction of sp³-hybridized carbons (Fsp3) is 0.167. The Balaban J connectivity index is 1.05. The number of anilines is 4. The van der Waals surface area contributed by atoms with Crippen LogP contribution in [0.5, 0.6) is 0 Å². The molecule has 119 heavy (non-hydrogen) atoms. The zero-order valence-electron chi connectivity index (χ0n) is 67.6. The second-order valence-corrected chi connectivity index (χ2v) is 43.9. The second kappa shape index (κ2) is 30.4. The summed E-state index contributed by atoms with van der Waals surface area (Å²) in [6.45, 7) is 26.2. The first kappa shape index (κ1) is 79.2. The van der Waals surface area contributed by atoms with Gasteiger partial charge in [0.15, 0.2) is 23.3 Å². The molecule has 0 fully saturated rings. The Morgan fingerprint density at radius 3 is 1.06 bits per heavy atom. The molecule has 18 rings (SSSR count). The lowest BCUT2D eigenvalue weighted by molar-refractivity contribution is 0.344. The molecule has 0 radical (unpaired) electrons. The van der Waals surface area contributed by atoms with Crippen LogP contribution < -0.4 is 19.6 Å². The Morgan fingerprint density at radius 1 is 0.303 bits per heavy atom. The lowest BCUT2D eigenvalue weighted by atomic mass is 9.87. The maximum atomic E-state index is 17.9. The van der Waals surface area contributed by atoms with Gasteiger partial charge in [-0.1, -0.05) is 288 Å². The van der Waals surface area contributed by atoms with E-state index < -0.39 is 29.5 Å². The van der Waals surface area contributed by atoms with Crippen LogP contribution in [0.1, 0.15) is 128 Å². The molecule has 594 valence electrons. The normalized spacial score (nSPS) is 14.3. The third-order valence-corrected chi connectivity index (χ3v) is 32.6. The predicted octanol–water partition coefficient (Wildman–Crippen LogP) is 23.4. The summed E-state index contributed by atoms with van der Waals surface area (Å²) in [6.07, 6.45) is 0. The molecule has 6 bridgehead atoms. The monoisotopic (exact) mass is 1690 g/mol. The zero-order valence-corrected chi connectivity index (χ0v) is 73.5. The minimum Gasteiger partial charge on any atom is -0.271 e. The van der Waals surface area contributed by atoms with Crippen molar-refractivity contribution in [3.05, 3.63) is 347 Å². The highest BCUT2D eigenvalue weighted by Crippen LogP contribution is 2.50. The number of amidine groups is 4. The molecule has 12 aromatic carbocycles. The smallest absolute Gasteiger partial charge is 0.271 e. The van der Waals surface area contributed by atoms with Gasteiger partial charge in [-0.3, -0.25) is 8.47 Å². The van der Waals surface area contributed by atoms with E-state index in [1.165, 1.54) is 66.6 Å². The lowest BCUT2D eigenvalue weighted by Gasteiger charge is -2.36. The van der Waals surface area contributed by atoms with Crippen molar-refractivity contribution in [3.8, 4) is 0 Å². The van der Waals surface area contributed by atoms with Gasteiger partial charge >= 0.3 is 29.5 Å². The number of hydrogen-bond donors (Lipinski definition) is 0. The molecular formula is C96H84N10O6S6Si. The van der Waals surface area contributed by atoms with Crippen LogP contribution in [0.2, 0.25) is 0 Å². The van der Waals surface area contributed by atoms with Gasteiger partial charge in [-0.25, -0.2) is 46.3 Å². The van der Waals surface area contributed by atoms with Gasteiger partial charge in [0.25, 0.3) is 0 Å². The third kappa shape index (κ3) is 15.1. The molecular weight excluding hydrogens is 1610 g/mol. The molecule has 0 amide bonds. The number of rotatable bonds is 18. The zero-order chi connectivity index (χ0) is 82.7. The fourth-order valence-corrected chi connectivity index (χ4v) is 26.8. The van der Waals surface area contributed by atoms with Crippen molar-refractivity contribution in [2.24, 2.45) is 30.0 Å². The Kier molecular flexibility index (Phi) is 20.2. The Labute approximate surface area is 712 Å². The lowest BCUT2D eigenvalue weighted by Crippen LogP contribution is -2.66. The molecule has 0 N–H and O–H groups in total. The average molecular weight is 1690 g/mol. The van der Waals surface area contributed by atoms with Gasteiger partial charge in [0.1, 0.15) is 22.6 Å². The van der Waals surface area contributed by atoms with Crippen LogP contribution in [0.25, 0.3) is 21.5 Å². The highest BCUT2D eigenvalue weighted by molar-refractivity contribution is 8.00. The number of hydrogen-bond acceptors (Lipinski definition) is 16. The molecule has 6 heterocycles. The number of fused-ring (bicyclic) bond motifs is 14. The molecule has 0 unspecified atom stereocenters. The van der Waals surface area contributed by atoms with E-state index in [0.29, 0.717) is 48.7 Å². The van der Waals surface area contributed by atoms with E-state index in [0.717, 1.165) is 54.0 Å². The summed E-state index contributed by atoms with van der Waals surface area (Å²) in [7, 11) is -17.9. The van der Waals surface area contributed by atoms with Gasteiger partial charge in [0.2, 0.25) is 0 Å². The van der Waals surface area contributed by atoms with Crippen LogP contribution in [0.15, 0.2) is 360 Å². The highest BCUT2D eigenvalue weighted by atomic mass is 32.2. The van der Waals surface area contributed by atoms with E-state index in [9.17, 15) is 0 Å². The fourth-order valence-electron chi connectivity index (χ4n) is 15.2. The summed E-state index contributed by atoms with van der Waals surface area (Å²) in [4.78, 5) is 41.5. The molecule has 2 aromatic heterocycles. The van der Waals surface area contributed by atoms with E-state index in [2.05, 4.69) is 180 Å². The van der Waals surface area contributed by atoms with Crippen molar-refractivity contribution in [2.75, 3.05) is 8.61 Å². The summed E-state index contributed by atoms with van der Waals surface area (Å²) in [5.74, 6) is 0.604. The van der Waals surface area contributed by atoms with Crippen molar-refractivity contribution in [1.82, 2.24) is 8.47 Å². The molecule has 23 heteroatoms. The summed E-state index contributed by atoms with van der Waals surface area (Å²) in [5, 5.41) is 1.58. The Morgan fingerprint density at radius 2 is 0.639 bits per heavy atom. The van der Waals surface area contributed by atoms with Gasteiger partial charge in [-0.05, 0) is 177 Å². The van der Waals surface area contributed by atoms with Crippen molar-refractivity contribution in [1.29, 1.82) is 0 Å². The number of nitrogens with zero attached hydrogens (tertiary/aromatic N) is 10. The molecule has 4 aliphatic rings. The number of aromatic nitrogens is 2. The van der Waals surface area contributed by atoms with Crippen molar-refractivity contribution in [2.45, 2.75) is 144 Å². The minimum atomic E-state index is -6.55. The van der Waals surface area contributed by atoms with E-state index in [4.69, 9.17) is 37.7 Å². The van der Waals surface area contributed by atoms with Crippen molar-refractivity contribution < 1.29 is 24.6 Å². The topological polar surface area (TPSA) is 177 Å². The summed E-state index contributed by atoms with van der Waals surface area (Å²) in [5.41, 5.74) is 6.92. The van der Waals surface area contributed by atoms with Crippen molar-refractivity contribution in [3.63, 3.8) is 0 Å². The largest absolute Gasteiger partial charge is 0.635 e. The van der Waals surface area contributed by atoms with Crippen LogP contribution in [0.4, 0.5) is 34.4 Å². The Bertz CT molecular complexity index is 6710. The van der Waals surface area contributed by atoms with E-state index >= 15 is 16.8 Å². The van der Waals surface area contributed by atoms with E-state index in [1.807, 2.05) is 72.8 Å². The number of benzene rings is 12. The number of para-hydroxylation sites is 4. The summed E-state index contributed by atoms with van der Waals surface area (Å²) >= 11 is 6.05. The third-order valence-electron chi connectivity index (χ3n) is 21.3. The maximum Gasteiger partial charge on any atom is 0.635 e. The standard InChI is InChI=1S/C96H84N10O6S6Si/c1-93(2,3)61-42-50-69(51-43-61)113-73-58-59-74-78(60-73)91-99-85-75-36-25-39-79(114-70-52-44-62(45-53-70)94(4,5)6)82(75)88(97-85)102-90-77-38-27-41-81(116-72-56-48-64(49-57-72)96(10,11)12)84(77)92-100-86-76-37-26-40-80(115-71-54-46-63(47-55-71)95(7,8)9)83(76)87(98-86)101-89(74)105(91)119(106(90)92,111-117(107,108)103(65-28-17-13-18-29-65)66-30-19-14-20-31-66)112-118(109,110)104(67-32-21-15-22-33-67)68-34-23-16-24-35-68/h13-60H,1-12H3. The molecule has 16 nitrogen and oxygen atoms in total. The van der Waals surface area contributed by atoms with E-state index in [-0.39, 0.29) is 90.4 Å². The van der Waals surface area contributed by atoms with Crippen LogP contribution in [-0.4, -0.2) is 57.5 Å². The van der Waals surface area contributed by atoms with Crippen LogP contribution in [-0.2, 0) is 50.0 Å². The highest BCUT2D eigenvalue weighted by Gasteiger charge is 2.62. The van der Waals surface area contributed by atoms with E-state index in [1.54, 1.807) is 121 Å². The molecule has 0 saturated carbocycles. The van der Waals surface area contributed by atoms with Gasteiger partial charge in [-0.2, -0.15) is 16.8 Å². The summed E-state index contributed by atoms with van der Waals surface area (Å²) in [6, 6.07) is 91.8. The predicted molar refractivity (Wildman–Crippen MR) is 488 cm³/mol. The number of aliphatic imine (C=N–C) groups is 4.